The number of nitrogens with zero attached hydrogens (tertiary/aromatic N) is 3. The Labute approximate surface area is 309 Å². The van der Waals surface area contributed by atoms with E-state index in [1.165, 1.54) is 0 Å². The van der Waals surface area contributed by atoms with Gasteiger partial charge in [-0.15, -0.1) is 0 Å². The van der Waals surface area contributed by atoms with E-state index < -0.39 is 0 Å². The highest BCUT2D eigenvalue weighted by Gasteiger charge is 2.21. The molecule has 5 heteroatoms. The van der Waals surface area contributed by atoms with Gasteiger partial charge < -0.3 is 8.83 Å². The van der Waals surface area contributed by atoms with Crippen LogP contribution < -0.4 is 0 Å². The van der Waals surface area contributed by atoms with E-state index >= 15 is 0 Å². The molecule has 0 amide bonds. The average molecular weight is 692 g/mol. The molecule has 3 heterocycles. The lowest BCUT2D eigenvalue weighted by atomic mass is 9.96. The van der Waals surface area contributed by atoms with Crippen LogP contribution in [0.5, 0.6) is 0 Å². The van der Waals surface area contributed by atoms with Crippen LogP contribution in [0.4, 0.5) is 0 Å². The molecule has 8 aromatic carbocycles. The fourth-order valence-electron chi connectivity index (χ4n) is 7.71. The van der Waals surface area contributed by atoms with E-state index in [2.05, 4.69) is 127 Å². The molecule has 0 radical (unpaired) electrons. The molecule has 3 aromatic heterocycles. The molecule has 0 aliphatic rings. The monoisotopic (exact) mass is 691 g/mol. The van der Waals surface area contributed by atoms with Crippen molar-refractivity contribution in [2.75, 3.05) is 0 Å². The molecule has 0 aliphatic carbocycles. The van der Waals surface area contributed by atoms with Gasteiger partial charge in [-0.1, -0.05) is 140 Å². The summed E-state index contributed by atoms with van der Waals surface area (Å²) < 4.78 is 12.9. The normalized spacial score (nSPS) is 11.7. The Bertz CT molecular complexity index is 3210. The summed E-state index contributed by atoms with van der Waals surface area (Å²) in [5.41, 5.74) is 10.3. The Kier molecular flexibility index (Phi) is 6.79. The largest absolute Gasteiger partial charge is 0.456 e. The smallest absolute Gasteiger partial charge is 0.164 e. The van der Waals surface area contributed by atoms with Crippen LogP contribution in [0.3, 0.4) is 0 Å². The molecule has 0 saturated heterocycles. The van der Waals surface area contributed by atoms with Crippen molar-refractivity contribution in [3.63, 3.8) is 0 Å². The van der Waals surface area contributed by atoms with Gasteiger partial charge in [0, 0.05) is 38.2 Å². The number of para-hydroxylation sites is 1. The maximum Gasteiger partial charge on any atom is 0.164 e. The summed E-state index contributed by atoms with van der Waals surface area (Å²) in [6, 6.07) is 60.4. The highest BCUT2D eigenvalue weighted by atomic mass is 16.3. The Morgan fingerprint density at radius 3 is 1.69 bits per heavy atom. The van der Waals surface area contributed by atoms with E-state index in [0.29, 0.717) is 17.5 Å². The molecule has 0 atom stereocenters. The quantitative estimate of drug-likeness (QED) is 0.180. The third kappa shape index (κ3) is 4.98. The van der Waals surface area contributed by atoms with E-state index in [9.17, 15) is 0 Å². The third-order valence-corrected chi connectivity index (χ3v) is 10.3. The maximum absolute atomic E-state index is 6.55. The molecule has 11 aromatic rings. The Morgan fingerprint density at radius 2 is 0.852 bits per heavy atom. The van der Waals surface area contributed by atoms with Crippen molar-refractivity contribution in [1.82, 2.24) is 15.0 Å². The van der Waals surface area contributed by atoms with Gasteiger partial charge >= 0.3 is 0 Å². The first-order valence-corrected chi connectivity index (χ1v) is 18.0. The number of aromatic nitrogens is 3. The zero-order chi connectivity index (χ0) is 35.6. The maximum atomic E-state index is 6.55. The summed E-state index contributed by atoms with van der Waals surface area (Å²) in [5, 5.41) is 6.44. The van der Waals surface area contributed by atoms with Gasteiger partial charge in [0.15, 0.2) is 17.5 Å². The zero-order valence-corrected chi connectivity index (χ0v) is 28.9. The first-order valence-electron chi connectivity index (χ1n) is 18.0. The molecular weight excluding hydrogens is 663 g/mol. The van der Waals surface area contributed by atoms with Crippen molar-refractivity contribution < 1.29 is 8.83 Å². The fraction of sp³-hybridized carbons (Fsp3) is 0. The predicted molar refractivity (Wildman–Crippen MR) is 219 cm³/mol. The predicted octanol–water partition coefficient (Wildman–Crippen LogP) is 13.2. The topological polar surface area (TPSA) is 65.0 Å². The number of fused-ring (bicyclic) bond motifs is 7. The second-order valence-electron chi connectivity index (χ2n) is 13.6. The molecular formula is C49H29N3O2. The minimum Gasteiger partial charge on any atom is -0.456 e. The number of hydrogen-bond acceptors (Lipinski definition) is 5. The highest BCUT2D eigenvalue weighted by Crippen LogP contribution is 2.42. The minimum atomic E-state index is 0.575. The molecule has 0 spiro atoms. The van der Waals surface area contributed by atoms with E-state index in [1.807, 2.05) is 48.5 Å². The summed E-state index contributed by atoms with van der Waals surface area (Å²) in [6.07, 6.45) is 0. The average Bonchev–Trinajstić information content (AvgIpc) is 3.82. The van der Waals surface area contributed by atoms with Crippen molar-refractivity contribution in [2.24, 2.45) is 0 Å². The van der Waals surface area contributed by atoms with Gasteiger partial charge in [-0.2, -0.15) is 0 Å². The second-order valence-corrected chi connectivity index (χ2v) is 13.6. The SMILES string of the molecule is c1ccc(-c2ccc(-c3nc(-c4ccc5ccccc5c4)nc(-c4cccc5oc6cccc(-c7ccc8c(c7)oc7ccccc78)c6c45)n3)cc2)cc1. The molecule has 5 nitrogen and oxygen atoms in total. The van der Waals surface area contributed by atoms with Crippen LogP contribution in [-0.2, 0) is 0 Å². The fourth-order valence-corrected chi connectivity index (χ4v) is 7.71. The first kappa shape index (κ1) is 30.3. The van der Waals surface area contributed by atoms with Crippen LogP contribution in [0.2, 0.25) is 0 Å². The van der Waals surface area contributed by atoms with E-state index in [0.717, 1.165) is 93.6 Å². The van der Waals surface area contributed by atoms with Crippen molar-refractivity contribution in [2.45, 2.75) is 0 Å². The molecule has 252 valence electrons. The van der Waals surface area contributed by atoms with Crippen molar-refractivity contribution >= 4 is 54.6 Å². The van der Waals surface area contributed by atoms with Gasteiger partial charge in [-0.3, -0.25) is 0 Å². The van der Waals surface area contributed by atoms with Crippen LogP contribution in [0.15, 0.2) is 185 Å². The number of benzene rings is 8. The standard InChI is InChI=1S/C49H29N3O2/c1-2-10-30(11-3-1)32-20-23-33(24-21-32)47-50-48(36-25-22-31-12-4-5-13-34(31)28-36)52-49(51-47)40-16-9-19-43-46(40)45-37(15-8-18-42(45)54-43)35-26-27-39-38-14-6-7-17-41(38)53-44(39)29-35/h1-29H. The molecule has 0 saturated carbocycles. The molecule has 54 heavy (non-hydrogen) atoms. The van der Waals surface area contributed by atoms with Crippen LogP contribution in [0.25, 0.3) is 111 Å². The van der Waals surface area contributed by atoms with Gasteiger partial charge in [0.1, 0.15) is 22.3 Å². The summed E-state index contributed by atoms with van der Waals surface area (Å²) in [7, 11) is 0. The Morgan fingerprint density at radius 1 is 0.296 bits per heavy atom. The van der Waals surface area contributed by atoms with Gasteiger partial charge in [0.05, 0.1) is 0 Å². The van der Waals surface area contributed by atoms with Gasteiger partial charge in [-0.05, 0) is 69.4 Å². The highest BCUT2D eigenvalue weighted by molar-refractivity contribution is 6.18. The third-order valence-electron chi connectivity index (χ3n) is 10.3. The Hall–Kier alpha value is -7.37. The zero-order valence-electron chi connectivity index (χ0n) is 28.9. The summed E-state index contributed by atoms with van der Waals surface area (Å²) in [4.78, 5) is 15.5. The van der Waals surface area contributed by atoms with E-state index in [-0.39, 0.29) is 0 Å². The second kappa shape index (κ2) is 12.1. The summed E-state index contributed by atoms with van der Waals surface area (Å²) in [6.45, 7) is 0. The molecule has 0 aliphatic heterocycles. The van der Waals surface area contributed by atoms with Crippen LogP contribution in [0, 0.1) is 0 Å². The number of rotatable bonds is 5. The van der Waals surface area contributed by atoms with Gasteiger partial charge in [0.2, 0.25) is 0 Å². The lowest BCUT2D eigenvalue weighted by Crippen LogP contribution is -2.00. The number of furan rings is 2. The minimum absolute atomic E-state index is 0.575. The van der Waals surface area contributed by atoms with Gasteiger partial charge in [0.25, 0.3) is 0 Å². The Balaban J connectivity index is 1.12. The van der Waals surface area contributed by atoms with E-state index in [4.69, 9.17) is 23.8 Å². The van der Waals surface area contributed by atoms with Crippen molar-refractivity contribution in [3.8, 4) is 56.4 Å². The van der Waals surface area contributed by atoms with Crippen LogP contribution in [-0.4, -0.2) is 15.0 Å². The summed E-state index contributed by atoms with van der Waals surface area (Å²) >= 11 is 0. The van der Waals surface area contributed by atoms with Crippen molar-refractivity contribution in [3.05, 3.63) is 176 Å². The van der Waals surface area contributed by atoms with Crippen molar-refractivity contribution in [1.29, 1.82) is 0 Å². The molecule has 0 unspecified atom stereocenters. The lowest BCUT2D eigenvalue weighted by Gasteiger charge is -2.11. The molecule has 11 rings (SSSR count). The molecule has 0 N–H and O–H groups in total. The number of hydrogen-bond donors (Lipinski definition) is 0. The van der Waals surface area contributed by atoms with E-state index in [1.54, 1.807) is 0 Å². The first-order chi connectivity index (χ1) is 26.7. The molecule has 0 bridgehead atoms. The van der Waals surface area contributed by atoms with Crippen LogP contribution in [0.1, 0.15) is 0 Å². The molecule has 0 fully saturated rings. The van der Waals surface area contributed by atoms with Crippen LogP contribution >= 0.6 is 0 Å². The summed E-state index contributed by atoms with van der Waals surface area (Å²) in [5.74, 6) is 1.78. The van der Waals surface area contributed by atoms with Gasteiger partial charge in [-0.25, -0.2) is 15.0 Å². The lowest BCUT2D eigenvalue weighted by molar-refractivity contribution is 0.668.